The monoisotopic (exact) mass is 173 g/mol. The summed E-state index contributed by atoms with van der Waals surface area (Å²) in [6.45, 7) is 4.48. The lowest BCUT2D eigenvalue weighted by atomic mass is 10.0. The van der Waals surface area contributed by atoms with Gasteiger partial charge in [-0.1, -0.05) is 37.6 Å². The van der Waals surface area contributed by atoms with Crippen LogP contribution in [0.15, 0.2) is 18.2 Å². The molecule has 2 rings (SSSR count). The normalized spacial score (nSPS) is 14.5. The Morgan fingerprint density at radius 3 is 2.77 bits per heavy atom. The zero-order valence-corrected chi connectivity index (χ0v) is 8.17. The highest BCUT2D eigenvalue weighted by atomic mass is 14.5. The van der Waals surface area contributed by atoms with Crippen LogP contribution in [0.25, 0.3) is 11.6 Å². The van der Waals surface area contributed by atoms with Crippen molar-refractivity contribution in [2.75, 3.05) is 5.73 Å². The second kappa shape index (κ2) is 2.91. The van der Waals surface area contributed by atoms with Crippen LogP contribution in [-0.2, 0) is 0 Å². The summed E-state index contributed by atoms with van der Waals surface area (Å²) in [7, 11) is 0. The van der Waals surface area contributed by atoms with Crippen molar-refractivity contribution in [3.8, 4) is 0 Å². The summed E-state index contributed by atoms with van der Waals surface area (Å²) in [5.74, 6) is 0.624. The van der Waals surface area contributed by atoms with Gasteiger partial charge in [-0.25, -0.2) is 0 Å². The first kappa shape index (κ1) is 8.36. The predicted octanol–water partition coefficient (Wildman–Crippen LogP) is 1.26. The molecule has 1 aromatic rings. The highest BCUT2D eigenvalue weighted by Crippen LogP contribution is 2.16. The molecule has 0 radical (unpaired) electrons. The Hall–Kier alpha value is -1.24. The standard InChI is InChI=1S/C12H15N/c1-8(2)9-6-7-11-10(9)4-3-5-12(11)13/h3-5,7-8H,6,13H2,1-2H3. The molecule has 1 aliphatic rings. The molecule has 0 fully saturated rings. The van der Waals surface area contributed by atoms with Gasteiger partial charge >= 0.3 is 0 Å². The van der Waals surface area contributed by atoms with Gasteiger partial charge in [-0.3, -0.25) is 0 Å². The third kappa shape index (κ3) is 1.24. The molecule has 1 nitrogen and oxygen atoms in total. The van der Waals surface area contributed by atoms with Crippen molar-refractivity contribution in [3.05, 3.63) is 28.6 Å². The van der Waals surface area contributed by atoms with E-state index in [2.05, 4.69) is 26.0 Å². The van der Waals surface area contributed by atoms with Crippen LogP contribution in [-0.4, -0.2) is 0 Å². The molecule has 0 bridgehead atoms. The molecule has 0 unspecified atom stereocenters. The maximum absolute atomic E-state index is 5.89. The summed E-state index contributed by atoms with van der Waals surface area (Å²) in [6.07, 6.45) is 3.31. The average molecular weight is 173 g/mol. The molecule has 0 heterocycles. The lowest BCUT2D eigenvalue weighted by Crippen LogP contribution is -2.26. The molecule has 0 amide bonds. The van der Waals surface area contributed by atoms with E-state index >= 15 is 0 Å². The number of rotatable bonds is 1. The number of hydrogen-bond acceptors (Lipinski definition) is 1. The SMILES string of the molecule is CC(C)C1=c2cccc(N)c2=CC1. The second-order valence-corrected chi connectivity index (χ2v) is 3.90. The van der Waals surface area contributed by atoms with Crippen molar-refractivity contribution in [3.63, 3.8) is 0 Å². The number of nitrogen functional groups attached to an aromatic ring is 1. The lowest BCUT2D eigenvalue weighted by molar-refractivity contribution is 0.834. The minimum Gasteiger partial charge on any atom is -0.398 e. The number of benzene rings is 1. The first-order valence-corrected chi connectivity index (χ1v) is 4.78. The van der Waals surface area contributed by atoms with Crippen LogP contribution in [0.4, 0.5) is 5.69 Å². The number of fused-ring (bicyclic) bond motifs is 1. The molecule has 1 heteroatoms. The lowest BCUT2D eigenvalue weighted by Gasteiger charge is -2.05. The molecule has 13 heavy (non-hydrogen) atoms. The van der Waals surface area contributed by atoms with Crippen molar-refractivity contribution in [1.82, 2.24) is 0 Å². The predicted molar refractivity (Wildman–Crippen MR) is 57.4 cm³/mol. The molecule has 2 N–H and O–H groups in total. The summed E-state index contributed by atoms with van der Waals surface area (Å²) < 4.78 is 0. The zero-order valence-electron chi connectivity index (χ0n) is 8.17. The van der Waals surface area contributed by atoms with E-state index in [0.717, 1.165) is 12.1 Å². The summed E-state index contributed by atoms with van der Waals surface area (Å²) in [4.78, 5) is 0. The van der Waals surface area contributed by atoms with Gasteiger partial charge in [0.05, 0.1) is 0 Å². The van der Waals surface area contributed by atoms with E-state index < -0.39 is 0 Å². The molecule has 1 aliphatic carbocycles. The van der Waals surface area contributed by atoms with Gasteiger partial charge in [0.1, 0.15) is 0 Å². The molecular formula is C12H15N. The first-order chi connectivity index (χ1) is 6.20. The number of hydrogen-bond donors (Lipinski definition) is 1. The van der Waals surface area contributed by atoms with Crippen molar-refractivity contribution in [1.29, 1.82) is 0 Å². The Morgan fingerprint density at radius 2 is 2.08 bits per heavy atom. The molecule has 1 aromatic carbocycles. The summed E-state index contributed by atoms with van der Waals surface area (Å²) in [5.41, 5.74) is 8.32. The summed E-state index contributed by atoms with van der Waals surface area (Å²) >= 11 is 0. The minimum absolute atomic E-state index is 0.624. The summed E-state index contributed by atoms with van der Waals surface area (Å²) in [6, 6.07) is 6.18. The Balaban J connectivity index is 2.79. The largest absolute Gasteiger partial charge is 0.398 e. The van der Waals surface area contributed by atoms with E-state index in [4.69, 9.17) is 5.73 Å². The van der Waals surface area contributed by atoms with E-state index in [9.17, 15) is 0 Å². The van der Waals surface area contributed by atoms with Gasteiger partial charge in [0.25, 0.3) is 0 Å². The third-order valence-corrected chi connectivity index (χ3v) is 2.71. The Morgan fingerprint density at radius 1 is 1.31 bits per heavy atom. The van der Waals surface area contributed by atoms with Crippen LogP contribution in [0.2, 0.25) is 0 Å². The maximum Gasteiger partial charge on any atom is 0.0390 e. The number of nitrogens with two attached hydrogens (primary N) is 1. The van der Waals surface area contributed by atoms with Crippen LogP contribution < -0.4 is 16.2 Å². The highest BCUT2D eigenvalue weighted by Gasteiger charge is 2.09. The smallest absolute Gasteiger partial charge is 0.0390 e. The summed E-state index contributed by atoms with van der Waals surface area (Å²) in [5, 5.41) is 2.60. The fourth-order valence-electron chi connectivity index (χ4n) is 1.96. The molecule has 0 spiro atoms. The van der Waals surface area contributed by atoms with Crippen LogP contribution in [0.1, 0.15) is 20.3 Å². The molecule has 0 saturated heterocycles. The van der Waals surface area contributed by atoms with E-state index in [1.54, 1.807) is 0 Å². The number of anilines is 1. The van der Waals surface area contributed by atoms with E-state index in [0.29, 0.717) is 5.92 Å². The third-order valence-electron chi connectivity index (χ3n) is 2.71. The van der Waals surface area contributed by atoms with Gasteiger partial charge < -0.3 is 5.73 Å². The molecule has 0 atom stereocenters. The van der Waals surface area contributed by atoms with Crippen molar-refractivity contribution in [2.45, 2.75) is 20.3 Å². The highest BCUT2D eigenvalue weighted by molar-refractivity contribution is 5.64. The van der Waals surface area contributed by atoms with Gasteiger partial charge in [0.2, 0.25) is 0 Å². The van der Waals surface area contributed by atoms with Crippen molar-refractivity contribution < 1.29 is 0 Å². The minimum atomic E-state index is 0.624. The average Bonchev–Trinajstić information content (AvgIpc) is 2.48. The Bertz CT molecular complexity index is 441. The van der Waals surface area contributed by atoms with Crippen LogP contribution >= 0.6 is 0 Å². The van der Waals surface area contributed by atoms with Crippen LogP contribution in [0.3, 0.4) is 0 Å². The van der Waals surface area contributed by atoms with E-state index in [1.165, 1.54) is 16.0 Å². The maximum atomic E-state index is 5.89. The molecule has 0 aromatic heterocycles. The van der Waals surface area contributed by atoms with Gasteiger partial charge in [-0.2, -0.15) is 0 Å². The van der Waals surface area contributed by atoms with Gasteiger partial charge in [0, 0.05) is 10.9 Å². The van der Waals surface area contributed by atoms with Crippen molar-refractivity contribution >= 4 is 17.3 Å². The molecular weight excluding hydrogens is 158 g/mol. The van der Waals surface area contributed by atoms with E-state index in [1.807, 2.05) is 12.1 Å². The van der Waals surface area contributed by atoms with Crippen molar-refractivity contribution in [2.24, 2.45) is 5.92 Å². The topological polar surface area (TPSA) is 26.0 Å². The van der Waals surface area contributed by atoms with Gasteiger partial charge in [0.15, 0.2) is 0 Å². The first-order valence-electron chi connectivity index (χ1n) is 4.78. The van der Waals surface area contributed by atoms with E-state index in [-0.39, 0.29) is 0 Å². The van der Waals surface area contributed by atoms with Gasteiger partial charge in [-0.15, -0.1) is 0 Å². The Kier molecular flexibility index (Phi) is 1.87. The van der Waals surface area contributed by atoms with Crippen LogP contribution in [0.5, 0.6) is 0 Å². The Labute approximate surface area is 78.6 Å². The molecule has 0 aliphatic heterocycles. The second-order valence-electron chi connectivity index (χ2n) is 3.90. The zero-order chi connectivity index (χ0) is 9.42. The quantitative estimate of drug-likeness (QED) is 0.636. The van der Waals surface area contributed by atoms with Crippen LogP contribution in [0, 0.1) is 5.92 Å². The molecule has 68 valence electrons. The van der Waals surface area contributed by atoms with Gasteiger partial charge in [-0.05, 0) is 23.6 Å². The fraction of sp³-hybridized carbons (Fsp3) is 0.333. The fourth-order valence-corrected chi connectivity index (χ4v) is 1.96. The molecule has 0 saturated carbocycles.